The number of carbonyl (C=O) groups is 1. The highest BCUT2D eigenvalue weighted by atomic mass is 32.2. The van der Waals surface area contributed by atoms with Gasteiger partial charge in [0.25, 0.3) is 0 Å². The van der Waals surface area contributed by atoms with Crippen molar-refractivity contribution in [1.29, 1.82) is 0 Å². The van der Waals surface area contributed by atoms with Gasteiger partial charge in [0.15, 0.2) is 28.2 Å². The molecule has 0 unspecified atom stereocenters. The lowest BCUT2D eigenvalue weighted by atomic mass is 9.93. The molecule has 0 bridgehead atoms. The van der Waals surface area contributed by atoms with Crippen molar-refractivity contribution in [3.05, 3.63) is 53.5 Å². The van der Waals surface area contributed by atoms with Gasteiger partial charge in [-0.3, -0.25) is 4.98 Å². The van der Waals surface area contributed by atoms with Crippen LogP contribution in [0, 0.1) is 6.92 Å². The number of aryl methyl sites for hydroxylation is 1. The molecule has 0 aliphatic rings. The predicted molar refractivity (Wildman–Crippen MR) is 142 cm³/mol. The van der Waals surface area contributed by atoms with E-state index in [0.29, 0.717) is 56.5 Å². The number of ether oxygens (including phenoxy) is 5. The Morgan fingerprint density at radius 1 is 0.946 bits per heavy atom. The number of carbonyl (C=O) groups excluding carboxylic acids is 1. The number of aromatic nitrogens is 3. The quantitative estimate of drug-likeness (QED) is 0.215. The van der Waals surface area contributed by atoms with E-state index < -0.39 is 5.97 Å². The van der Waals surface area contributed by atoms with Crippen molar-refractivity contribution >= 4 is 28.6 Å². The summed E-state index contributed by atoms with van der Waals surface area (Å²) in [6.07, 6.45) is 1.76. The molecular weight excluding hydrogens is 494 g/mol. The maximum absolute atomic E-state index is 13.5. The fourth-order valence-electron chi connectivity index (χ4n) is 4.06. The Labute approximate surface area is 219 Å². The van der Waals surface area contributed by atoms with Gasteiger partial charge in [0.2, 0.25) is 0 Å². The van der Waals surface area contributed by atoms with Gasteiger partial charge in [-0.05, 0) is 37.6 Å². The molecule has 4 aromatic rings. The first-order chi connectivity index (χ1) is 17.9. The fraction of sp³-hybridized carbons (Fsp3) is 0.296. The standard InChI is InChI=1S/C27H29N3O6S/c1-7-36-26(31)25-19(14-37-27-28-13-15(2)29-27)30-18-12-23(35-6)22(34-5)11-17(18)24(25)16-8-9-20(32-3)21(10-16)33-4/h8-13H,7,14H2,1-6H3,(H,28,29). The Kier molecular flexibility index (Phi) is 8.08. The molecule has 0 aliphatic carbocycles. The number of hydrogen-bond donors (Lipinski definition) is 1. The van der Waals surface area contributed by atoms with Crippen molar-refractivity contribution in [1.82, 2.24) is 15.0 Å². The molecule has 0 aliphatic heterocycles. The zero-order chi connectivity index (χ0) is 26.5. The molecule has 0 saturated carbocycles. The lowest BCUT2D eigenvalue weighted by Gasteiger charge is -2.19. The number of nitrogens with zero attached hydrogens (tertiary/aromatic N) is 2. The number of imidazole rings is 1. The van der Waals surface area contributed by atoms with Crippen LogP contribution < -0.4 is 18.9 Å². The summed E-state index contributed by atoms with van der Waals surface area (Å²) in [6, 6.07) is 9.14. The highest BCUT2D eigenvalue weighted by molar-refractivity contribution is 7.98. The van der Waals surface area contributed by atoms with Crippen LogP contribution in [0.1, 0.15) is 28.7 Å². The molecule has 9 nitrogen and oxygen atoms in total. The van der Waals surface area contributed by atoms with Crippen LogP contribution in [0.3, 0.4) is 0 Å². The van der Waals surface area contributed by atoms with Gasteiger partial charge in [0.05, 0.1) is 51.8 Å². The Balaban J connectivity index is 2.03. The summed E-state index contributed by atoms with van der Waals surface area (Å²) in [5.74, 6) is 2.06. The third kappa shape index (κ3) is 5.29. The average Bonchev–Trinajstić information content (AvgIpc) is 3.34. The Morgan fingerprint density at radius 3 is 2.24 bits per heavy atom. The van der Waals surface area contributed by atoms with Gasteiger partial charge in [-0.2, -0.15) is 0 Å². The van der Waals surface area contributed by atoms with E-state index in [0.717, 1.165) is 16.4 Å². The van der Waals surface area contributed by atoms with Crippen LogP contribution in [-0.2, 0) is 10.5 Å². The van der Waals surface area contributed by atoms with Crippen molar-refractivity contribution < 1.29 is 28.5 Å². The molecule has 194 valence electrons. The minimum absolute atomic E-state index is 0.220. The van der Waals surface area contributed by atoms with E-state index in [1.807, 2.05) is 25.1 Å². The fourth-order valence-corrected chi connectivity index (χ4v) is 4.90. The first kappa shape index (κ1) is 26.2. The molecule has 2 aromatic carbocycles. The number of hydrogen-bond acceptors (Lipinski definition) is 9. The monoisotopic (exact) mass is 523 g/mol. The number of methoxy groups -OCH3 is 4. The first-order valence-electron chi connectivity index (χ1n) is 11.6. The highest BCUT2D eigenvalue weighted by Crippen LogP contribution is 2.42. The third-order valence-electron chi connectivity index (χ3n) is 5.74. The molecule has 10 heteroatoms. The number of fused-ring (bicyclic) bond motifs is 1. The molecule has 0 amide bonds. The predicted octanol–water partition coefficient (Wildman–Crippen LogP) is 5.44. The number of pyridine rings is 1. The Morgan fingerprint density at radius 2 is 1.62 bits per heavy atom. The van der Waals surface area contributed by atoms with Crippen molar-refractivity contribution in [3.63, 3.8) is 0 Å². The van der Waals surface area contributed by atoms with Crippen molar-refractivity contribution in [2.45, 2.75) is 24.8 Å². The largest absolute Gasteiger partial charge is 0.493 e. The number of nitrogens with one attached hydrogen (secondary N) is 1. The summed E-state index contributed by atoms with van der Waals surface area (Å²) in [4.78, 5) is 25.9. The topological polar surface area (TPSA) is 105 Å². The van der Waals surface area contributed by atoms with Crippen LogP contribution in [0.4, 0.5) is 0 Å². The smallest absolute Gasteiger partial charge is 0.340 e. The second-order valence-electron chi connectivity index (χ2n) is 7.98. The normalized spacial score (nSPS) is 10.9. The summed E-state index contributed by atoms with van der Waals surface area (Å²) in [6.45, 7) is 3.93. The molecule has 37 heavy (non-hydrogen) atoms. The summed E-state index contributed by atoms with van der Waals surface area (Å²) in [7, 11) is 6.28. The van der Waals surface area contributed by atoms with Crippen molar-refractivity contribution in [3.8, 4) is 34.1 Å². The van der Waals surface area contributed by atoms with Crippen molar-refractivity contribution in [2.75, 3.05) is 35.0 Å². The molecule has 1 N–H and O–H groups in total. The number of aromatic amines is 1. The lowest BCUT2D eigenvalue weighted by Crippen LogP contribution is -2.12. The number of H-pyrrole nitrogens is 1. The van der Waals surface area contributed by atoms with Crippen LogP contribution >= 0.6 is 11.8 Å². The van der Waals surface area contributed by atoms with Gasteiger partial charge in [-0.25, -0.2) is 9.78 Å². The third-order valence-corrected chi connectivity index (χ3v) is 6.64. The molecule has 2 heterocycles. The molecule has 0 atom stereocenters. The van der Waals surface area contributed by atoms with Crippen LogP contribution in [0.5, 0.6) is 23.0 Å². The number of benzene rings is 2. The van der Waals surface area contributed by atoms with Crippen LogP contribution in [0.15, 0.2) is 41.7 Å². The minimum Gasteiger partial charge on any atom is -0.493 e. The van der Waals surface area contributed by atoms with Gasteiger partial charge in [-0.1, -0.05) is 17.8 Å². The van der Waals surface area contributed by atoms with E-state index in [4.69, 9.17) is 28.7 Å². The van der Waals surface area contributed by atoms with Crippen LogP contribution in [-0.4, -0.2) is 56.0 Å². The SMILES string of the molecule is CCOC(=O)c1c(CSc2ncc(C)[nH]2)nc2cc(OC)c(OC)cc2c1-c1ccc(OC)c(OC)c1. The van der Waals surface area contributed by atoms with E-state index in [2.05, 4.69) is 9.97 Å². The minimum atomic E-state index is -0.470. The maximum Gasteiger partial charge on any atom is 0.340 e. The van der Waals surface area contributed by atoms with Gasteiger partial charge >= 0.3 is 5.97 Å². The molecule has 0 radical (unpaired) electrons. The van der Waals surface area contributed by atoms with E-state index >= 15 is 0 Å². The number of rotatable bonds is 10. The van der Waals surface area contributed by atoms with Gasteiger partial charge < -0.3 is 28.7 Å². The Hall–Kier alpha value is -3.92. The first-order valence-corrected chi connectivity index (χ1v) is 12.5. The van der Waals surface area contributed by atoms with E-state index in [1.165, 1.54) is 11.8 Å². The summed E-state index contributed by atoms with van der Waals surface area (Å²) >= 11 is 1.45. The summed E-state index contributed by atoms with van der Waals surface area (Å²) in [5, 5.41) is 1.43. The molecule has 4 rings (SSSR count). The van der Waals surface area contributed by atoms with E-state index in [9.17, 15) is 4.79 Å². The second-order valence-corrected chi connectivity index (χ2v) is 8.95. The average molecular weight is 524 g/mol. The van der Waals surface area contributed by atoms with Gasteiger partial charge in [0.1, 0.15) is 0 Å². The van der Waals surface area contributed by atoms with E-state index in [-0.39, 0.29) is 6.61 Å². The molecule has 0 spiro atoms. The second kappa shape index (κ2) is 11.4. The zero-order valence-electron chi connectivity index (χ0n) is 21.6. The number of esters is 1. The summed E-state index contributed by atoms with van der Waals surface area (Å²) in [5.41, 5.74) is 3.90. The maximum atomic E-state index is 13.5. The highest BCUT2D eigenvalue weighted by Gasteiger charge is 2.26. The van der Waals surface area contributed by atoms with Crippen LogP contribution in [0.25, 0.3) is 22.0 Å². The molecule has 0 saturated heterocycles. The zero-order valence-corrected chi connectivity index (χ0v) is 22.4. The van der Waals surface area contributed by atoms with Crippen LogP contribution in [0.2, 0.25) is 0 Å². The van der Waals surface area contributed by atoms with Gasteiger partial charge in [-0.15, -0.1) is 0 Å². The van der Waals surface area contributed by atoms with Crippen molar-refractivity contribution in [2.24, 2.45) is 0 Å². The number of thioether (sulfide) groups is 1. The van der Waals surface area contributed by atoms with E-state index in [1.54, 1.807) is 53.7 Å². The molecule has 2 aromatic heterocycles. The Bertz CT molecular complexity index is 1440. The lowest BCUT2D eigenvalue weighted by molar-refractivity contribution is 0.0526. The van der Waals surface area contributed by atoms with Gasteiger partial charge in [0, 0.05) is 34.7 Å². The molecular formula is C27H29N3O6S. The molecule has 0 fully saturated rings. The summed E-state index contributed by atoms with van der Waals surface area (Å²) < 4.78 is 27.6.